The third-order valence-corrected chi connectivity index (χ3v) is 3.89. The van der Waals surface area contributed by atoms with Gasteiger partial charge < -0.3 is 10.4 Å². The Balaban J connectivity index is 1.97. The summed E-state index contributed by atoms with van der Waals surface area (Å²) in [4.78, 5) is 0. The summed E-state index contributed by atoms with van der Waals surface area (Å²) in [6.07, 6.45) is 4.37. The number of phenolic OH excluding ortho intramolecular Hbond substituents is 1. The van der Waals surface area contributed by atoms with Gasteiger partial charge in [0.05, 0.1) is 6.20 Å². The van der Waals surface area contributed by atoms with Crippen molar-refractivity contribution in [3.8, 4) is 11.4 Å². The van der Waals surface area contributed by atoms with Crippen LogP contribution in [0.1, 0.15) is 30.0 Å². The van der Waals surface area contributed by atoms with E-state index in [0.717, 1.165) is 24.5 Å². The molecule has 3 rings (SSSR count). The molecule has 0 amide bonds. The van der Waals surface area contributed by atoms with E-state index in [1.165, 1.54) is 18.4 Å². The smallest absolute Gasteiger partial charge is 0.141 e. The Hall–Kier alpha value is -1.81. The molecular formula is C15H19N3O. The molecule has 2 N–H and O–H groups in total. The molecule has 0 bridgehead atoms. The van der Waals surface area contributed by atoms with Crippen molar-refractivity contribution in [1.29, 1.82) is 0 Å². The highest BCUT2D eigenvalue weighted by Gasteiger charge is 2.20. The minimum Gasteiger partial charge on any atom is -0.506 e. The van der Waals surface area contributed by atoms with Gasteiger partial charge in [0, 0.05) is 12.2 Å². The maximum atomic E-state index is 9.93. The van der Waals surface area contributed by atoms with Crippen LogP contribution in [0.5, 0.6) is 5.75 Å². The van der Waals surface area contributed by atoms with Gasteiger partial charge in [-0.2, -0.15) is 5.10 Å². The van der Waals surface area contributed by atoms with E-state index in [0.29, 0.717) is 5.92 Å². The quantitative estimate of drug-likeness (QED) is 0.868. The van der Waals surface area contributed by atoms with Crippen LogP contribution < -0.4 is 5.32 Å². The number of phenols is 1. The van der Waals surface area contributed by atoms with Crippen LogP contribution in [0.25, 0.3) is 5.69 Å². The van der Waals surface area contributed by atoms with E-state index < -0.39 is 0 Å². The summed E-state index contributed by atoms with van der Waals surface area (Å²) in [6, 6.07) is 7.32. The fourth-order valence-electron chi connectivity index (χ4n) is 2.83. The Morgan fingerprint density at radius 2 is 2.21 bits per heavy atom. The number of benzene rings is 1. The van der Waals surface area contributed by atoms with E-state index in [1.54, 1.807) is 6.07 Å². The lowest BCUT2D eigenvalue weighted by molar-refractivity contribution is 0.459. The van der Waals surface area contributed by atoms with E-state index in [1.807, 2.05) is 29.1 Å². The van der Waals surface area contributed by atoms with Crippen molar-refractivity contribution in [3.63, 3.8) is 0 Å². The van der Waals surface area contributed by atoms with E-state index in [2.05, 4.69) is 17.3 Å². The summed E-state index contributed by atoms with van der Waals surface area (Å²) in [6.45, 7) is 4.21. The van der Waals surface area contributed by atoms with Crippen LogP contribution in [0.2, 0.25) is 0 Å². The van der Waals surface area contributed by atoms with Crippen LogP contribution in [0, 0.1) is 6.92 Å². The van der Waals surface area contributed by atoms with Crippen molar-refractivity contribution in [1.82, 2.24) is 15.1 Å². The van der Waals surface area contributed by atoms with Crippen molar-refractivity contribution in [3.05, 3.63) is 41.7 Å². The molecule has 1 aromatic carbocycles. The molecule has 1 atom stereocenters. The number of rotatable bonds is 2. The summed E-state index contributed by atoms with van der Waals surface area (Å²) < 4.78 is 1.83. The Morgan fingerprint density at radius 3 is 2.95 bits per heavy atom. The van der Waals surface area contributed by atoms with Crippen molar-refractivity contribution >= 4 is 0 Å². The number of nitrogens with zero attached hydrogens (tertiary/aromatic N) is 2. The van der Waals surface area contributed by atoms with Crippen LogP contribution in [0.4, 0.5) is 0 Å². The zero-order chi connectivity index (χ0) is 13.2. The number of para-hydroxylation sites is 2. The van der Waals surface area contributed by atoms with Gasteiger partial charge in [-0.15, -0.1) is 0 Å². The number of aromatic hydroxyl groups is 1. The molecule has 0 spiro atoms. The maximum absolute atomic E-state index is 9.93. The second kappa shape index (κ2) is 5.05. The van der Waals surface area contributed by atoms with Gasteiger partial charge in [-0.05, 0) is 49.9 Å². The largest absolute Gasteiger partial charge is 0.506 e. The Kier molecular flexibility index (Phi) is 3.25. The Bertz CT molecular complexity index is 571. The zero-order valence-electron chi connectivity index (χ0n) is 11.1. The van der Waals surface area contributed by atoms with Crippen LogP contribution >= 0.6 is 0 Å². The first-order valence-corrected chi connectivity index (χ1v) is 6.81. The van der Waals surface area contributed by atoms with Crippen molar-refractivity contribution in [2.75, 3.05) is 13.1 Å². The third kappa shape index (κ3) is 2.24. The molecule has 1 saturated heterocycles. The summed E-state index contributed by atoms with van der Waals surface area (Å²) >= 11 is 0. The summed E-state index contributed by atoms with van der Waals surface area (Å²) in [7, 11) is 0. The molecular weight excluding hydrogens is 238 g/mol. The van der Waals surface area contributed by atoms with E-state index in [-0.39, 0.29) is 5.75 Å². The number of aromatic nitrogens is 2. The highest BCUT2D eigenvalue weighted by atomic mass is 16.3. The molecule has 1 aliphatic heterocycles. The average molecular weight is 257 g/mol. The molecule has 0 saturated carbocycles. The van der Waals surface area contributed by atoms with Gasteiger partial charge in [-0.3, -0.25) is 0 Å². The predicted molar refractivity (Wildman–Crippen MR) is 74.8 cm³/mol. The van der Waals surface area contributed by atoms with Gasteiger partial charge in [0.1, 0.15) is 11.4 Å². The molecule has 100 valence electrons. The molecule has 4 nitrogen and oxygen atoms in total. The van der Waals surface area contributed by atoms with Crippen LogP contribution in [0.3, 0.4) is 0 Å². The predicted octanol–water partition coefficient (Wildman–Crippen LogP) is 2.35. The number of nitrogens with one attached hydrogen (secondary N) is 1. The highest BCUT2D eigenvalue weighted by molar-refractivity contribution is 5.46. The van der Waals surface area contributed by atoms with Crippen LogP contribution in [-0.2, 0) is 0 Å². The fourth-order valence-corrected chi connectivity index (χ4v) is 2.83. The van der Waals surface area contributed by atoms with Gasteiger partial charge in [-0.25, -0.2) is 4.68 Å². The third-order valence-electron chi connectivity index (χ3n) is 3.89. The Morgan fingerprint density at radius 1 is 1.37 bits per heavy atom. The van der Waals surface area contributed by atoms with Crippen LogP contribution in [0.15, 0.2) is 30.5 Å². The molecule has 1 aromatic heterocycles. The van der Waals surface area contributed by atoms with Gasteiger partial charge in [0.2, 0.25) is 0 Å². The fraction of sp³-hybridized carbons (Fsp3) is 0.400. The highest BCUT2D eigenvalue weighted by Crippen LogP contribution is 2.29. The first kappa shape index (κ1) is 12.2. The van der Waals surface area contributed by atoms with E-state index in [9.17, 15) is 5.11 Å². The summed E-state index contributed by atoms with van der Waals surface area (Å²) in [5, 5.41) is 17.8. The maximum Gasteiger partial charge on any atom is 0.141 e. The van der Waals surface area contributed by atoms with E-state index in [4.69, 9.17) is 0 Å². The first-order chi connectivity index (χ1) is 9.27. The number of piperidine rings is 1. The molecule has 19 heavy (non-hydrogen) atoms. The van der Waals surface area contributed by atoms with Crippen molar-refractivity contribution in [2.24, 2.45) is 0 Å². The standard InChI is InChI=1S/C15H19N3O/c1-11-13(12-5-4-8-16-9-12)10-17-18(11)14-6-2-3-7-15(14)19/h2-3,6-7,10,12,16,19H,4-5,8-9H2,1H3. The molecule has 1 aliphatic rings. The number of hydrogen-bond donors (Lipinski definition) is 2. The topological polar surface area (TPSA) is 50.1 Å². The van der Waals surface area contributed by atoms with Crippen molar-refractivity contribution < 1.29 is 5.11 Å². The lowest BCUT2D eigenvalue weighted by atomic mass is 9.92. The SMILES string of the molecule is Cc1c(C2CCCNC2)cnn1-c1ccccc1O. The molecule has 2 heterocycles. The summed E-state index contributed by atoms with van der Waals surface area (Å²) in [5.74, 6) is 0.801. The summed E-state index contributed by atoms with van der Waals surface area (Å²) in [5.41, 5.74) is 3.15. The lowest BCUT2D eigenvalue weighted by Crippen LogP contribution is -2.28. The van der Waals surface area contributed by atoms with Crippen LogP contribution in [-0.4, -0.2) is 28.0 Å². The van der Waals surface area contributed by atoms with Gasteiger partial charge in [-0.1, -0.05) is 12.1 Å². The minimum atomic E-state index is 0.266. The lowest BCUT2D eigenvalue weighted by Gasteiger charge is -2.22. The van der Waals surface area contributed by atoms with Gasteiger partial charge in [0.25, 0.3) is 0 Å². The first-order valence-electron chi connectivity index (χ1n) is 6.81. The van der Waals surface area contributed by atoms with Gasteiger partial charge >= 0.3 is 0 Å². The molecule has 1 unspecified atom stereocenters. The molecule has 0 aliphatic carbocycles. The molecule has 0 radical (unpaired) electrons. The second-order valence-electron chi connectivity index (χ2n) is 5.13. The molecule has 4 heteroatoms. The average Bonchev–Trinajstić information content (AvgIpc) is 2.82. The number of hydrogen-bond acceptors (Lipinski definition) is 3. The Labute approximate surface area is 113 Å². The zero-order valence-corrected chi connectivity index (χ0v) is 11.1. The van der Waals surface area contributed by atoms with Gasteiger partial charge in [0.15, 0.2) is 0 Å². The van der Waals surface area contributed by atoms with Crippen molar-refractivity contribution in [2.45, 2.75) is 25.7 Å². The minimum absolute atomic E-state index is 0.266. The second-order valence-corrected chi connectivity index (χ2v) is 5.13. The molecule has 1 fully saturated rings. The monoisotopic (exact) mass is 257 g/mol. The molecule has 2 aromatic rings. The normalized spacial score (nSPS) is 19.5. The van der Waals surface area contributed by atoms with E-state index >= 15 is 0 Å².